The molecule has 25 heavy (non-hydrogen) atoms. The number of hydrogen-bond donors (Lipinski definition) is 1. The number of anilines is 1. The van der Waals surface area contributed by atoms with Crippen molar-refractivity contribution in [3.63, 3.8) is 0 Å². The number of benzene rings is 2. The first-order chi connectivity index (χ1) is 12.1. The molecule has 128 valence electrons. The van der Waals surface area contributed by atoms with Crippen molar-refractivity contribution in [1.29, 1.82) is 0 Å². The summed E-state index contributed by atoms with van der Waals surface area (Å²) in [6, 6.07) is 12.4. The molecule has 1 aliphatic carbocycles. The molecule has 0 unspecified atom stereocenters. The third kappa shape index (κ3) is 2.45. The number of fused-ring (bicyclic) bond motifs is 5. The van der Waals surface area contributed by atoms with E-state index in [2.05, 4.69) is 17.4 Å². The average Bonchev–Trinajstić information content (AvgIpc) is 3.00. The Morgan fingerprint density at radius 2 is 2.08 bits per heavy atom. The van der Waals surface area contributed by atoms with Gasteiger partial charge in [-0.2, -0.15) is 0 Å². The van der Waals surface area contributed by atoms with E-state index < -0.39 is 6.04 Å². The van der Waals surface area contributed by atoms with Crippen LogP contribution in [0.15, 0.2) is 42.5 Å². The molecule has 0 saturated carbocycles. The Hall–Kier alpha value is -2.89. The molecule has 0 bridgehead atoms. The summed E-state index contributed by atoms with van der Waals surface area (Å²) in [4.78, 5) is 23.3. The lowest BCUT2D eigenvalue weighted by Crippen LogP contribution is -2.43. The van der Waals surface area contributed by atoms with Gasteiger partial charge in [0, 0.05) is 29.7 Å². The number of non-ortho nitro benzene ring substituents is 1. The maximum atomic E-state index is 12.5. The van der Waals surface area contributed by atoms with E-state index >= 15 is 0 Å². The molecule has 1 aliphatic heterocycles. The van der Waals surface area contributed by atoms with Crippen LogP contribution in [0.2, 0.25) is 0 Å². The van der Waals surface area contributed by atoms with Crippen molar-refractivity contribution in [3.8, 4) is 0 Å². The number of rotatable bonds is 3. The number of nitro groups is 1. The first-order valence-corrected chi connectivity index (χ1v) is 8.39. The van der Waals surface area contributed by atoms with E-state index in [1.165, 1.54) is 11.6 Å². The molecule has 1 heterocycles. The number of ether oxygens (including phenoxy) is 1. The third-order valence-corrected chi connectivity index (χ3v) is 5.13. The topological polar surface area (TPSA) is 81.5 Å². The van der Waals surface area contributed by atoms with Gasteiger partial charge in [0.1, 0.15) is 6.04 Å². The van der Waals surface area contributed by atoms with Crippen molar-refractivity contribution in [1.82, 2.24) is 0 Å². The Labute approximate surface area is 145 Å². The van der Waals surface area contributed by atoms with E-state index in [-0.39, 0.29) is 28.4 Å². The van der Waals surface area contributed by atoms with Crippen LogP contribution in [0.4, 0.5) is 11.4 Å². The minimum Gasteiger partial charge on any atom is -0.464 e. The molecule has 3 atom stereocenters. The maximum absolute atomic E-state index is 12.5. The zero-order valence-electron chi connectivity index (χ0n) is 13.8. The van der Waals surface area contributed by atoms with Crippen LogP contribution in [0.5, 0.6) is 0 Å². The highest BCUT2D eigenvalue weighted by Crippen LogP contribution is 2.50. The number of nitro benzene ring substituents is 1. The highest BCUT2D eigenvalue weighted by atomic mass is 16.6. The Balaban J connectivity index is 1.85. The second-order valence-corrected chi connectivity index (χ2v) is 6.45. The summed E-state index contributed by atoms with van der Waals surface area (Å²) in [5, 5.41) is 14.5. The van der Waals surface area contributed by atoms with E-state index in [0.717, 1.165) is 23.2 Å². The molecule has 0 saturated heterocycles. The Kier molecular flexibility index (Phi) is 3.67. The summed E-state index contributed by atoms with van der Waals surface area (Å²) in [5.74, 6) is -0.318. The van der Waals surface area contributed by atoms with Crippen LogP contribution in [0.1, 0.15) is 29.5 Å². The molecule has 0 fully saturated rings. The van der Waals surface area contributed by atoms with Gasteiger partial charge in [-0.3, -0.25) is 10.1 Å². The predicted molar refractivity (Wildman–Crippen MR) is 92.6 cm³/mol. The van der Waals surface area contributed by atoms with Crippen LogP contribution in [-0.2, 0) is 16.0 Å². The first kappa shape index (κ1) is 15.6. The number of carbonyl (C=O) groups is 1. The van der Waals surface area contributed by atoms with Gasteiger partial charge in [-0.15, -0.1) is 0 Å². The SMILES string of the molecule is CCOC(=O)[C@H]1Nc2ccc([N+](=O)[O-])cc2[C@H]2c3ccccc3C[C@@H]21. The van der Waals surface area contributed by atoms with Gasteiger partial charge in [-0.1, -0.05) is 24.3 Å². The van der Waals surface area contributed by atoms with Gasteiger partial charge >= 0.3 is 5.97 Å². The molecule has 4 rings (SSSR count). The number of nitrogens with one attached hydrogen (secondary N) is 1. The molecular weight excluding hydrogens is 320 g/mol. The predicted octanol–water partition coefficient (Wildman–Crippen LogP) is 3.26. The summed E-state index contributed by atoms with van der Waals surface area (Å²) in [6.45, 7) is 2.12. The van der Waals surface area contributed by atoms with Crippen molar-refractivity contribution >= 4 is 17.3 Å². The highest BCUT2D eigenvalue weighted by Gasteiger charge is 2.46. The average molecular weight is 338 g/mol. The van der Waals surface area contributed by atoms with Gasteiger partial charge < -0.3 is 10.1 Å². The van der Waals surface area contributed by atoms with Gasteiger partial charge in [0.25, 0.3) is 5.69 Å². The Bertz CT molecular complexity index is 864. The van der Waals surface area contributed by atoms with Gasteiger partial charge in [0.05, 0.1) is 11.5 Å². The van der Waals surface area contributed by atoms with Crippen LogP contribution in [0.3, 0.4) is 0 Å². The second kappa shape index (κ2) is 5.88. The van der Waals surface area contributed by atoms with Crippen molar-refractivity contribution in [3.05, 3.63) is 69.3 Å². The number of carbonyl (C=O) groups excluding carboxylic acids is 1. The molecule has 2 aromatic rings. The molecule has 0 spiro atoms. The van der Waals surface area contributed by atoms with Crippen LogP contribution in [0, 0.1) is 16.0 Å². The molecule has 6 heteroatoms. The molecule has 6 nitrogen and oxygen atoms in total. The molecule has 2 aromatic carbocycles. The fourth-order valence-corrected chi connectivity index (χ4v) is 4.13. The Morgan fingerprint density at radius 1 is 1.28 bits per heavy atom. The molecular formula is C19H18N2O4. The van der Waals surface area contributed by atoms with E-state index in [9.17, 15) is 14.9 Å². The van der Waals surface area contributed by atoms with Crippen LogP contribution < -0.4 is 5.32 Å². The van der Waals surface area contributed by atoms with Crippen LogP contribution in [0.25, 0.3) is 0 Å². The molecule has 0 amide bonds. The van der Waals surface area contributed by atoms with E-state index in [1.54, 1.807) is 19.1 Å². The van der Waals surface area contributed by atoms with Gasteiger partial charge in [0.2, 0.25) is 0 Å². The Morgan fingerprint density at radius 3 is 2.84 bits per heavy atom. The zero-order chi connectivity index (χ0) is 17.6. The lowest BCUT2D eigenvalue weighted by Gasteiger charge is -2.35. The van der Waals surface area contributed by atoms with Gasteiger partial charge in [0.15, 0.2) is 0 Å². The van der Waals surface area contributed by atoms with E-state index in [0.29, 0.717) is 6.61 Å². The summed E-state index contributed by atoms with van der Waals surface area (Å²) < 4.78 is 5.26. The van der Waals surface area contributed by atoms with Crippen molar-refractivity contribution in [2.45, 2.75) is 25.3 Å². The van der Waals surface area contributed by atoms with Crippen molar-refractivity contribution in [2.75, 3.05) is 11.9 Å². The first-order valence-electron chi connectivity index (χ1n) is 8.39. The van der Waals surface area contributed by atoms with Crippen LogP contribution >= 0.6 is 0 Å². The number of nitrogens with zero attached hydrogens (tertiary/aromatic N) is 1. The summed E-state index contributed by atoms with van der Waals surface area (Å²) in [7, 11) is 0. The zero-order valence-corrected chi connectivity index (χ0v) is 13.8. The van der Waals surface area contributed by atoms with Crippen molar-refractivity contribution < 1.29 is 14.5 Å². The standard InChI is InChI=1S/C19H18N2O4/c1-2-25-19(22)18-15-9-11-5-3-4-6-13(11)17(15)14-10-12(21(23)24)7-8-16(14)20-18/h3-8,10,15,17-18,20H,2,9H2,1H3/t15-,17+,18-/m0/s1. The molecule has 2 aliphatic rings. The fraction of sp³-hybridized carbons (Fsp3) is 0.316. The lowest BCUT2D eigenvalue weighted by atomic mass is 9.77. The van der Waals surface area contributed by atoms with Crippen LogP contribution in [-0.4, -0.2) is 23.5 Å². The van der Waals surface area contributed by atoms with E-state index in [1.807, 2.05) is 12.1 Å². The quantitative estimate of drug-likeness (QED) is 0.528. The molecule has 0 radical (unpaired) electrons. The summed E-state index contributed by atoms with van der Waals surface area (Å²) >= 11 is 0. The second-order valence-electron chi connectivity index (χ2n) is 6.45. The minimum atomic E-state index is -0.452. The smallest absolute Gasteiger partial charge is 0.328 e. The van der Waals surface area contributed by atoms with Crippen molar-refractivity contribution in [2.24, 2.45) is 5.92 Å². The number of esters is 1. The number of hydrogen-bond acceptors (Lipinski definition) is 5. The summed E-state index contributed by atoms with van der Waals surface area (Å²) in [6.07, 6.45) is 0.749. The normalized spacial score (nSPS) is 23.0. The van der Waals surface area contributed by atoms with Gasteiger partial charge in [-0.25, -0.2) is 4.79 Å². The third-order valence-electron chi connectivity index (χ3n) is 5.13. The largest absolute Gasteiger partial charge is 0.464 e. The monoisotopic (exact) mass is 338 g/mol. The lowest BCUT2D eigenvalue weighted by molar-refractivity contribution is -0.384. The molecule has 1 N–H and O–H groups in total. The highest BCUT2D eigenvalue weighted by molar-refractivity contribution is 5.83. The fourth-order valence-electron chi connectivity index (χ4n) is 4.13. The minimum absolute atomic E-state index is 0.00838. The van der Waals surface area contributed by atoms with Gasteiger partial charge in [-0.05, 0) is 36.1 Å². The summed E-state index contributed by atoms with van der Waals surface area (Å²) in [5.41, 5.74) is 4.04. The molecule has 0 aromatic heterocycles. The van der Waals surface area contributed by atoms with E-state index in [4.69, 9.17) is 4.74 Å². The maximum Gasteiger partial charge on any atom is 0.328 e.